The molecular weight excluding hydrogens is 566 g/mol. The zero-order valence-electron chi connectivity index (χ0n) is 28.4. The van der Waals surface area contributed by atoms with Gasteiger partial charge in [-0.1, -0.05) is 19.1 Å². The molecule has 0 amide bonds. The van der Waals surface area contributed by atoms with Crippen molar-refractivity contribution in [3.8, 4) is 0 Å². The molecule has 1 saturated heterocycles. The predicted octanol–water partition coefficient (Wildman–Crippen LogP) is 5.03. The number of guanidine groups is 1. The van der Waals surface area contributed by atoms with Crippen LogP contribution in [0.1, 0.15) is 123 Å². The van der Waals surface area contributed by atoms with Crippen LogP contribution in [0.25, 0.3) is 0 Å². The first-order valence-corrected chi connectivity index (χ1v) is 18.4. The highest BCUT2D eigenvalue weighted by atomic mass is 16.6. The molecular formula is C37H63N3O5. The number of nitrogens with zero attached hydrogens (tertiary/aromatic N) is 1. The smallest absolute Gasteiger partial charge is 0.190 e. The zero-order chi connectivity index (χ0) is 32.2. The third-order valence-electron chi connectivity index (χ3n) is 14.4. The number of epoxide rings is 1. The van der Waals surface area contributed by atoms with E-state index in [0.717, 1.165) is 70.6 Å². The minimum atomic E-state index is -0.726. The summed E-state index contributed by atoms with van der Waals surface area (Å²) in [6.45, 7) is 9.86. The maximum Gasteiger partial charge on any atom is 0.190 e. The Morgan fingerprint density at radius 1 is 1.11 bits per heavy atom. The molecule has 8 heteroatoms. The van der Waals surface area contributed by atoms with Gasteiger partial charge < -0.3 is 36.2 Å². The number of ether oxygens (including phenoxy) is 1. The van der Waals surface area contributed by atoms with E-state index in [1.807, 2.05) is 0 Å². The second kappa shape index (κ2) is 12.7. The molecule has 0 aromatic heterocycles. The van der Waals surface area contributed by atoms with E-state index in [4.69, 9.17) is 17.0 Å². The van der Waals surface area contributed by atoms with Gasteiger partial charge in [-0.3, -0.25) is 4.99 Å². The maximum absolute atomic E-state index is 11.2. The van der Waals surface area contributed by atoms with E-state index in [-0.39, 0.29) is 41.0 Å². The molecule has 6 rings (SSSR count). The molecule has 0 radical (unpaired) electrons. The van der Waals surface area contributed by atoms with E-state index < -0.39 is 11.8 Å². The van der Waals surface area contributed by atoms with Gasteiger partial charge in [0, 0.05) is 31.4 Å². The summed E-state index contributed by atoms with van der Waals surface area (Å²) >= 11 is 0. The van der Waals surface area contributed by atoms with Crippen molar-refractivity contribution in [3.63, 3.8) is 0 Å². The van der Waals surface area contributed by atoms with E-state index in [0.29, 0.717) is 42.1 Å². The van der Waals surface area contributed by atoms with Gasteiger partial charge in [0.1, 0.15) is 6.23 Å². The Bertz CT molecular complexity index is 1120. The van der Waals surface area contributed by atoms with E-state index >= 15 is 0 Å². The molecule has 13 atom stereocenters. The van der Waals surface area contributed by atoms with Crippen LogP contribution in [-0.2, 0) is 4.74 Å². The highest BCUT2D eigenvalue weighted by Crippen LogP contribution is 2.69. The van der Waals surface area contributed by atoms with E-state index in [2.05, 4.69) is 24.2 Å². The average Bonchev–Trinajstić information content (AvgIpc) is 3.30. The van der Waals surface area contributed by atoms with Crippen molar-refractivity contribution in [3.05, 3.63) is 12.2 Å². The molecule has 0 aromatic rings. The molecule has 5 saturated carbocycles. The van der Waals surface area contributed by atoms with Crippen LogP contribution in [0.5, 0.6) is 0 Å². The number of nitrogens with one attached hydrogen (secondary N) is 1. The zero-order valence-corrected chi connectivity index (χ0v) is 28.4. The Balaban J connectivity index is 1.13. The van der Waals surface area contributed by atoms with Gasteiger partial charge in [0.2, 0.25) is 0 Å². The number of hydrogen-bond acceptors (Lipinski definition) is 6. The second-order valence-electron chi connectivity index (χ2n) is 17.2. The molecule has 6 fully saturated rings. The van der Waals surface area contributed by atoms with Gasteiger partial charge in [0.05, 0.1) is 23.4 Å². The normalized spacial score (nSPS) is 49.0. The first-order valence-electron chi connectivity index (χ1n) is 18.4. The number of hydrogen-bond donors (Lipinski definition) is 6. The molecule has 1 heterocycles. The van der Waals surface area contributed by atoms with Crippen LogP contribution < -0.4 is 11.1 Å². The molecule has 45 heavy (non-hydrogen) atoms. The fourth-order valence-electron chi connectivity index (χ4n) is 11.8. The van der Waals surface area contributed by atoms with Crippen LogP contribution in [0, 0.1) is 46.3 Å². The lowest BCUT2D eigenvalue weighted by atomic mass is 9.46. The summed E-state index contributed by atoms with van der Waals surface area (Å²) in [6, 6.07) is 0. The van der Waals surface area contributed by atoms with Crippen molar-refractivity contribution in [2.24, 2.45) is 57.1 Å². The Labute approximate surface area is 271 Å². The highest BCUT2D eigenvalue weighted by Gasteiger charge is 2.67. The molecule has 256 valence electrons. The van der Waals surface area contributed by atoms with Crippen molar-refractivity contribution < 1.29 is 25.2 Å². The van der Waals surface area contributed by atoms with Gasteiger partial charge in [0.15, 0.2) is 5.96 Å². The fraction of sp³-hybridized carbons (Fsp3) is 0.919. The minimum Gasteiger partial charge on any atom is -0.396 e. The van der Waals surface area contributed by atoms with Crippen molar-refractivity contribution >= 4 is 5.96 Å². The van der Waals surface area contributed by atoms with Gasteiger partial charge in [-0.25, -0.2) is 0 Å². The molecule has 0 unspecified atom stereocenters. The topological polar surface area (TPSA) is 144 Å². The Kier molecular flexibility index (Phi) is 9.50. The lowest BCUT2D eigenvalue weighted by molar-refractivity contribution is -0.0715. The summed E-state index contributed by atoms with van der Waals surface area (Å²) < 4.78 is 6.69. The average molecular weight is 630 g/mol. The molecule has 0 aromatic carbocycles. The van der Waals surface area contributed by atoms with Gasteiger partial charge in [-0.05, 0) is 145 Å². The highest BCUT2D eigenvalue weighted by molar-refractivity contribution is 5.77. The molecule has 7 N–H and O–H groups in total. The molecule has 6 aliphatic rings. The van der Waals surface area contributed by atoms with Crippen LogP contribution in [0.4, 0.5) is 0 Å². The molecule has 8 nitrogen and oxygen atoms in total. The summed E-state index contributed by atoms with van der Waals surface area (Å²) in [4.78, 5) is 4.00. The summed E-state index contributed by atoms with van der Waals surface area (Å²) in [5.74, 6) is 2.99. The Hall–Kier alpha value is -1.19. The summed E-state index contributed by atoms with van der Waals surface area (Å²) in [5, 5.41) is 45.1. The molecule has 5 aliphatic carbocycles. The number of aliphatic hydroxyl groups excluding tert-OH is 3. The van der Waals surface area contributed by atoms with E-state index in [9.17, 15) is 20.4 Å². The van der Waals surface area contributed by atoms with Crippen LogP contribution in [-0.4, -0.2) is 69.7 Å². The van der Waals surface area contributed by atoms with Crippen LogP contribution >= 0.6 is 0 Å². The third-order valence-corrected chi connectivity index (χ3v) is 14.4. The van der Waals surface area contributed by atoms with Gasteiger partial charge >= 0.3 is 0 Å². The minimum absolute atomic E-state index is 0.0504. The van der Waals surface area contributed by atoms with Crippen LogP contribution in [0.15, 0.2) is 17.1 Å². The number of rotatable bonds is 9. The Morgan fingerprint density at radius 2 is 1.91 bits per heavy atom. The Morgan fingerprint density at radius 3 is 2.64 bits per heavy atom. The van der Waals surface area contributed by atoms with E-state index in [1.54, 1.807) is 7.05 Å². The van der Waals surface area contributed by atoms with Crippen molar-refractivity contribution in [1.29, 1.82) is 0 Å². The van der Waals surface area contributed by atoms with Crippen molar-refractivity contribution in [2.75, 3.05) is 13.7 Å². The standard InChI is InChI=1S/C37H63N3O5/c1-23-19-36(14-9-24(20-36)10-15-37(44)12-5-8-27(42)21-37)32-35(3,45-32)13-11-30-29(23)22-34(30,2)26-17-25(7-6-16-41)28(18-26)31(43)40-33(38)39-4/h24-32,41-44H,1,5-22H2,2-4H3,(H3,38,39,40)/t24-,25+,26-,27-,28+,29+,30+,31-,32+,34+,35+,36+,37-/m0/s1. The quantitative estimate of drug-likeness (QED) is 0.0691. The van der Waals surface area contributed by atoms with Crippen molar-refractivity contribution in [2.45, 2.75) is 153 Å². The summed E-state index contributed by atoms with van der Waals surface area (Å²) in [7, 11) is 1.63. The number of aliphatic hydroxyl groups is 4. The van der Waals surface area contributed by atoms with Gasteiger partial charge in [0.25, 0.3) is 0 Å². The monoisotopic (exact) mass is 629 g/mol. The number of aliphatic imine (C=N–C) groups is 1. The summed E-state index contributed by atoms with van der Waals surface area (Å²) in [5.41, 5.74) is 7.01. The van der Waals surface area contributed by atoms with Crippen molar-refractivity contribution in [1.82, 2.24) is 5.32 Å². The second-order valence-corrected chi connectivity index (χ2v) is 17.2. The van der Waals surface area contributed by atoms with Crippen LogP contribution in [0.3, 0.4) is 0 Å². The van der Waals surface area contributed by atoms with Gasteiger partial charge in [-0.15, -0.1) is 0 Å². The largest absolute Gasteiger partial charge is 0.396 e. The first kappa shape index (κ1) is 33.7. The van der Waals surface area contributed by atoms with E-state index in [1.165, 1.54) is 37.7 Å². The van der Waals surface area contributed by atoms with Gasteiger partial charge in [-0.2, -0.15) is 0 Å². The first-order chi connectivity index (χ1) is 21.3. The fourth-order valence-corrected chi connectivity index (χ4v) is 11.8. The predicted molar refractivity (Wildman–Crippen MR) is 177 cm³/mol. The molecule has 0 bridgehead atoms. The lowest BCUT2D eigenvalue weighted by Gasteiger charge is -2.58. The van der Waals surface area contributed by atoms with Crippen LogP contribution in [0.2, 0.25) is 0 Å². The maximum atomic E-state index is 11.2. The number of nitrogens with two attached hydrogens (primary N) is 1. The number of fused-ring (bicyclic) bond motifs is 3. The lowest BCUT2D eigenvalue weighted by Crippen LogP contribution is -2.51. The summed E-state index contributed by atoms with van der Waals surface area (Å²) in [6.07, 6.45) is 16.0. The number of allylic oxidation sites excluding steroid dienone is 1. The molecule has 1 spiro atoms. The molecule has 1 aliphatic heterocycles. The third kappa shape index (κ3) is 6.49. The SMILES string of the molecule is C=C1C[C@@]2(CC[C@@H](CC[C@@]3(O)CCC[C@H](O)C3)C2)[C@@H]2O[C@]2(C)CC[C@@H]2[C@@H]1C[C@]2(C)[C@H]1C[C@@H](CCCO)[C@H]([C@H](O)NC(N)=NC)C1.